The summed E-state index contributed by atoms with van der Waals surface area (Å²) in [7, 11) is 0. The Morgan fingerprint density at radius 2 is 2.00 bits per heavy atom. The minimum Gasteiger partial charge on any atom is -0.324 e. The van der Waals surface area contributed by atoms with Gasteiger partial charge in [0, 0.05) is 18.6 Å². The second-order valence-electron chi connectivity index (χ2n) is 6.44. The largest absolute Gasteiger partial charge is 0.324 e. The number of likely N-dealkylation sites (tertiary alicyclic amines) is 1. The van der Waals surface area contributed by atoms with Crippen molar-refractivity contribution in [2.45, 2.75) is 37.6 Å². The van der Waals surface area contributed by atoms with Gasteiger partial charge in [0.05, 0.1) is 0 Å². The minimum atomic E-state index is -0.146. The van der Waals surface area contributed by atoms with Gasteiger partial charge in [-0.25, -0.2) is 4.39 Å². The van der Waals surface area contributed by atoms with Crippen molar-refractivity contribution in [2.75, 3.05) is 19.6 Å². The molecule has 2 aliphatic rings. The first-order valence-electron chi connectivity index (χ1n) is 7.39. The second-order valence-corrected chi connectivity index (χ2v) is 6.44. The van der Waals surface area contributed by atoms with Crippen LogP contribution >= 0.6 is 0 Å². The molecule has 3 rings (SSSR count). The molecule has 1 aromatic rings. The first-order valence-corrected chi connectivity index (χ1v) is 7.39. The van der Waals surface area contributed by atoms with E-state index in [0.29, 0.717) is 5.92 Å². The van der Waals surface area contributed by atoms with E-state index in [9.17, 15) is 4.39 Å². The molecule has 0 spiro atoms. The lowest BCUT2D eigenvalue weighted by Crippen LogP contribution is -2.44. The van der Waals surface area contributed by atoms with Gasteiger partial charge in [0.15, 0.2) is 0 Å². The summed E-state index contributed by atoms with van der Waals surface area (Å²) in [5, 5.41) is 0. The molecule has 0 radical (unpaired) electrons. The van der Waals surface area contributed by atoms with E-state index >= 15 is 0 Å². The lowest BCUT2D eigenvalue weighted by molar-refractivity contribution is 0.161. The van der Waals surface area contributed by atoms with E-state index < -0.39 is 0 Å². The van der Waals surface area contributed by atoms with Crippen LogP contribution in [-0.4, -0.2) is 30.1 Å². The number of hydrogen-bond donors (Lipinski definition) is 1. The Morgan fingerprint density at radius 3 is 2.68 bits per heavy atom. The highest BCUT2D eigenvalue weighted by molar-refractivity contribution is 5.16. The lowest BCUT2D eigenvalue weighted by atomic mass is 9.91. The van der Waals surface area contributed by atoms with Gasteiger partial charge in [-0.3, -0.25) is 0 Å². The Bertz CT molecular complexity index is 425. The molecule has 1 saturated heterocycles. The summed E-state index contributed by atoms with van der Waals surface area (Å²) in [5.74, 6) is 0.550. The molecule has 0 unspecified atom stereocenters. The molecule has 1 aliphatic carbocycles. The van der Waals surface area contributed by atoms with Gasteiger partial charge in [-0.1, -0.05) is 12.1 Å². The highest BCUT2D eigenvalue weighted by Crippen LogP contribution is 2.34. The summed E-state index contributed by atoms with van der Waals surface area (Å²) in [6.07, 6.45) is 5.99. The molecule has 104 valence electrons. The van der Waals surface area contributed by atoms with Crippen LogP contribution in [0.5, 0.6) is 0 Å². The van der Waals surface area contributed by atoms with Crippen LogP contribution in [0.2, 0.25) is 0 Å². The first kappa shape index (κ1) is 13.1. The van der Waals surface area contributed by atoms with Crippen molar-refractivity contribution in [3.05, 3.63) is 35.6 Å². The van der Waals surface area contributed by atoms with Gasteiger partial charge in [-0.15, -0.1) is 0 Å². The zero-order chi connectivity index (χ0) is 13.3. The maximum absolute atomic E-state index is 12.9. The van der Waals surface area contributed by atoms with Gasteiger partial charge in [-0.2, -0.15) is 0 Å². The zero-order valence-corrected chi connectivity index (χ0v) is 11.4. The summed E-state index contributed by atoms with van der Waals surface area (Å²) >= 11 is 0. The fourth-order valence-corrected chi connectivity index (χ4v) is 3.18. The topological polar surface area (TPSA) is 29.3 Å². The van der Waals surface area contributed by atoms with E-state index in [1.54, 1.807) is 12.1 Å². The smallest absolute Gasteiger partial charge is 0.123 e. The summed E-state index contributed by atoms with van der Waals surface area (Å²) in [5.41, 5.74) is 7.58. The number of nitrogens with zero attached hydrogens (tertiary/aromatic N) is 1. The molecule has 2 nitrogen and oxygen atoms in total. The van der Waals surface area contributed by atoms with Crippen LogP contribution in [-0.2, 0) is 6.42 Å². The van der Waals surface area contributed by atoms with Crippen LogP contribution in [0.3, 0.4) is 0 Å². The number of hydrogen-bond acceptors (Lipinski definition) is 2. The van der Waals surface area contributed by atoms with Crippen molar-refractivity contribution in [3.63, 3.8) is 0 Å². The predicted molar refractivity (Wildman–Crippen MR) is 75.4 cm³/mol. The second kappa shape index (κ2) is 5.22. The van der Waals surface area contributed by atoms with Gasteiger partial charge < -0.3 is 10.6 Å². The third-order valence-corrected chi connectivity index (χ3v) is 4.47. The third-order valence-electron chi connectivity index (χ3n) is 4.47. The molecule has 1 aliphatic heterocycles. The molecule has 0 amide bonds. The van der Waals surface area contributed by atoms with Gasteiger partial charge >= 0.3 is 0 Å². The van der Waals surface area contributed by atoms with Crippen molar-refractivity contribution in [2.24, 2.45) is 11.7 Å². The van der Waals surface area contributed by atoms with Gasteiger partial charge in [0.25, 0.3) is 0 Å². The summed E-state index contributed by atoms with van der Waals surface area (Å²) in [4.78, 5) is 2.53. The molecule has 0 aromatic heterocycles. The van der Waals surface area contributed by atoms with Gasteiger partial charge in [0.2, 0.25) is 0 Å². The minimum absolute atomic E-state index is 0.123. The van der Waals surface area contributed by atoms with E-state index in [4.69, 9.17) is 5.73 Å². The fourth-order valence-electron chi connectivity index (χ4n) is 3.18. The summed E-state index contributed by atoms with van der Waals surface area (Å²) < 4.78 is 12.9. The van der Waals surface area contributed by atoms with Crippen LogP contribution in [0.15, 0.2) is 24.3 Å². The SMILES string of the molecule is NC1(CN2CCC[C@@H](Cc3ccc(F)cc3)C2)CC1. The number of benzene rings is 1. The van der Waals surface area contributed by atoms with Crippen molar-refractivity contribution < 1.29 is 4.39 Å². The zero-order valence-electron chi connectivity index (χ0n) is 11.4. The lowest BCUT2D eigenvalue weighted by Gasteiger charge is -2.34. The van der Waals surface area contributed by atoms with Gasteiger partial charge in [0.1, 0.15) is 5.82 Å². The standard InChI is InChI=1S/C16H23FN2/c17-15-5-3-13(4-6-15)10-14-2-1-9-19(11-14)12-16(18)7-8-16/h3-6,14H,1-2,7-12,18H2/t14-/m0/s1. The highest BCUT2D eigenvalue weighted by Gasteiger charge is 2.40. The van der Waals surface area contributed by atoms with Crippen molar-refractivity contribution in [1.82, 2.24) is 4.90 Å². The molecule has 3 heteroatoms. The fraction of sp³-hybridized carbons (Fsp3) is 0.625. The average molecular weight is 262 g/mol. The molecule has 1 atom stereocenters. The van der Waals surface area contributed by atoms with Crippen LogP contribution in [0, 0.1) is 11.7 Å². The molecule has 0 bridgehead atoms. The number of piperidine rings is 1. The number of nitrogens with two attached hydrogens (primary N) is 1. The van der Waals surface area contributed by atoms with Crippen molar-refractivity contribution in [3.8, 4) is 0 Å². The van der Waals surface area contributed by atoms with Crippen LogP contribution in [0.4, 0.5) is 4.39 Å². The predicted octanol–water partition coefficient (Wildman–Crippen LogP) is 2.57. The maximum Gasteiger partial charge on any atom is 0.123 e. The Labute approximate surface area is 114 Å². The summed E-state index contributed by atoms with van der Waals surface area (Å²) in [6, 6.07) is 6.96. The quantitative estimate of drug-likeness (QED) is 0.903. The normalized spacial score (nSPS) is 26.3. The van der Waals surface area contributed by atoms with E-state index in [1.807, 2.05) is 12.1 Å². The van der Waals surface area contributed by atoms with E-state index in [0.717, 1.165) is 19.5 Å². The molecular weight excluding hydrogens is 239 g/mol. The maximum atomic E-state index is 12.9. The molecule has 1 aromatic carbocycles. The van der Waals surface area contributed by atoms with E-state index in [1.165, 1.54) is 37.8 Å². The Hall–Kier alpha value is -0.930. The number of halogens is 1. The molecule has 2 N–H and O–H groups in total. The van der Waals surface area contributed by atoms with E-state index in [-0.39, 0.29) is 11.4 Å². The average Bonchev–Trinajstić information content (AvgIpc) is 3.10. The molecular formula is C16H23FN2. The molecule has 1 saturated carbocycles. The highest BCUT2D eigenvalue weighted by atomic mass is 19.1. The molecule has 2 fully saturated rings. The molecule has 1 heterocycles. The number of rotatable bonds is 4. The Morgan fingerprint density at radius 1 is 1.26 bits per heavy atom. The van der Waals surface area contributed by atoms with Crippen LogP contribution in [0.1, 0.15) is 31.2 Å². The monoisotopic (exact) mass is 262 g/mol. The van der Waals surface area contributed by atoms with Crippen molar-refractivity contribution in [1.29, 1.82) is 0 Å². The third kappa shape index (κ3) is 3.54. The van der Waals surface area contributed by atoms with Crippen LogP contribution < -0.4 is 5.73 Å². The molecule has 19 heavy (non-hydrogen) atoms. The Kier molecular flexibility index (Phi) is 3.59. The van der Waals surface area contributed by atoms with E-state index in [2.05, 4.69) is 4.90 Å². The van der Waals surface area contributed by atoms with Crippen molar-refractivity contribution >= 4 is 0 Å². The Balaban J connectivity index is 1.54. The summed E-state index contributed by atoms with van der Waals surface area (Å²) in [6.45, 7) is 3.40. The van der Waals surface area contributed by atoms with Crippen LogP contribution in [0.25, 0.3) is 0 Å². The van der Waals surface area contributed by atoms with Gasteiger partial charge in [-0.05, 0) is 62.3 Å². The first-order chi connectivity index (χ1) is 9.13.